The zero-order valence-electron chi connectivity index (χ0n) is 20.0. The molecule has 1 aromatic rings. The van der Waals surface area contributed by atoms with Crippen molar-refractivity contribution >= 4 is 23.5 Å². The summed E-state index contributed by atoms with van der Waals surface area (Å²) in [4.78, 5) is 29.0. The van der Waals surface area contributed by atoms with Gasteiger partial charge in [0, 0.05) is 17.8 Å². The molecule has 12 heteroatoms. The Labute approximate surface area is 206 Å². The number of rotatable bonds is 5. The highest BCUT2D eigenvalue weighted by Crippen LogP contribution is 2.42. The molecule has 8 nitrogen and oxygen atoms in total. The van der Waals surface area contributed by atoms with Gasteiger partial charge in [0.05, 0.1) is 18.8 Å². The number of anilines is 1. The number of likely N-dealkylation sites (tertiary alicyclic amines) is 1. The predicted molar refractivity (Wildman–Crippen MR) is 126 cm³/mol. The van der Waals surface area contributed by atoms with Crippen molar-refractivity contribution in [3.63, 3.8) is 0 Å². The van der Waals surface area contributed by atoms with E-state index in [4.69, 9.17) is 11.5 Å². The van der Waals surface area contributed by atoms with Gasteiger partial charge in [0.15, 0.2) is 5.82 Å². The van der Waals surface area contributed by atoms with Crippen LogP contribution in [-0.4, -0.2) is 64.1 Å². The predicted octanol–water partition coefficient (Wildman–Crippen LogP) is 3.07. The maximum absolute atomic E-state index is 13.7. The average Bonchev–Trinajstić information content (AvgIpc) is 3.60. The zero-order chi connectivity index (χ0) is 25.7. The van der Waals surface area contributed by atoms with E-state index in [1.807, 2.05) is 0 Å². The molecule has 0 radical (unpaired) electrons. The van der Waals surface area contributed by atoms with E-state index < -0.39 is 36.9 Å². The first-order chi connectivity index (χ1) is 17.1. The van der Waals surface area contributed by atoms with Crippen LogP contribution >= 0.6 is 0 Å². The number of carbonyl (C=O) groups is 1. The number of fused-ring (bicyclic) bond motifs is 1. The van der Waals surface area contributed by atoms with E-state index in [9.17, 15) is 22.4 Å². The summed E-state index contributed by atoms with van der Waals surface area (Å²) in [6.07, 6.45) is 9.26. The minimum atomic E-state index is -4.25. The fourth-order valence-electron chi connectivity index (χ4n) is 5.72. The smallest absolute Gasteiger partial charge is 0.329 e. The standard InChI is InChI=1S/C24H31F4N7O/c25-23(26)12-34(13-24(23,27)28)21(36)18-9-4-10-35(18)22-31-17-8-3-7-15(17)20(33-22)32-19(30)11-16(29)14-5-1-2-6-14/h11,14,18H,1-10,12-13,29H2,(H2,30,31,32,33)/b16-11-. The normalized spacial score (nSPS) is 26.2. The van der Waals surface area contributed by atoms with Crippen molar-refractivity contribution in [3.8, 4) is 0 Å². The summed E-state index contributed by atoms with van der Waals surface area (Å²) >= 11 is 0. The largest absolute Gasteiger partial charge is 0.402 e. The summed E-state index contributed by atoms with van der Waals surface area (Å²) in [5.41, 5.74) is 14.8. The number of carbonyl (C=O) groups excluding carboxylic acids is 1. The van der Waals surface area contributed by atoms with Gasteiger partial charge in [-0.05, 0) is 56.9 Å². The van der Waals surface area contributed by atoms with Crippen LogP contribution in [0.5, 0.6) is 0 Å². The molecule has 1 amide bonds. The van der Waals surface area contributed by atoms with Gasteiger partial charge in [-0.1, -0.05) is 12.8 Å². The molecule has 4 aliphatic rings. The van der Waals surface area contributed by atoms with Crippen LogP contribution in [0.3, 0.4) is 0 Å². The van der Waals surface area contributed by atoms with Gasteiger partial charge >= 0.3 is 11.8 Å². The van der Waals surface area contributed by atoms with Crippen LogP contribution in [0.1, 0.15) is 56.2 Å². The Morgan fingerprint density at radius 2 is 1.67 bits per heavy atom. The van der Waals surface area contributed by atoms with Crippen molar-refractivity contribution in [3.05, 3.63) is 23.0 Å². The SMILES string of the molecule is NC(/C=C(\N)C1CCCC1)=Nc1nc(N2CCCC2C(=O)N2CC(F)(F)C(F)(F)C2)nc2c1CCC2. The second-order valence-corrected chi connectivity index (χ2v) is 10.2. The van der Waals surface area contributed by atoms with Crippen molar-refractivity contribution in [1.29, 1.82) is 0 Å². The molecule has 0 aromatic carbocycles. The van der Waals surface area contributed by atoms with Gasteiger partial charge in [0.25, 0.3) is 0 Å². The lowest BCUT2D eigenvalue weighted by Crippen LogP contribution is -2.46. The topological polar surface area (TPSA) is 114 Å². The summed E-state index contributed by atoms with van der Waals surface area (Å²) in [5.74, 6) is -8.08. The Hall–Kier alpha value is -2.92. The lowest BCUT2D eigenvalue weighted by atomic mass is 10.0. The van der Waals surface area contributed by atoms with Crippen LogP contribution in [0.25, 0.3) is 0 Å². The number of hydrogen-bond acceptors (Lipinski definition) is 6. The molecule has 36 heavy (non-hydrogen) atoms. The van der Waals surface area contributed by atoms with Gasteiger partial charge in [-0.3, -0.25) is 4.79 Å². The van der Waals surface area contributed by atoms with Crippen LogP contribution in [0.4, 0.5) is 29.3 Å². The molecular formula is C24H31F4N7O. The van der Waals surface area contributed by atoms with Gasteiger partial charge in [0.1, 0.15) is 11.9 Å². The van der Waals surface area contributed by atoms with E-state index in [0.29, 0.717) is 48.1 Å². The molecule has 2 aliphatic carbocycles. The highest BCUT2D eigenvalue weighted by molar-refractivity contribution is 5.94. The first kappa shape index (κ1) is 24.8. The van der Waals surface area contributed by atoms with E-state index in [0.717, 1.165) is 49.8 Å². The number of allylic oxidation sites excluding steroid dienone is 1. The Morgan fingerprint density at radius 3 is 2.36 bits per heavy atom. The van der Waals surface area contributed by atoms with Crippen molar-refractivity contribution in [2.75, 3.05) is 24.5 Å². The summed E-state index contributed by atoms with van der Waals surface area (Å²) in [7, 11) is 0. The number of halogens is 4. The summed E-state index contributed by atoms with van der Waals surface area (Å²) in [6.45, 7) is -2.19. The number of alkyl halides is 4. The third-order valence-electron chi connectivity index (χ3n) is 7.70. The fourth-order valence-corrected chi connectivity index (χ4v) is 5.72. The maximum Gasteiger partial charge on any atom is 0.329 e. The number of amides is 1. The van der Waals surface area contributed by atoms with Gasteiger partial charge in [-0.15, -0.1) is 0 Å². The van der Waals surface area contributed by atoms with E-state index >= 15 is 0 Å². The molecule has 4 N–H and O–H groups in total. The Bertz CT molecular complexity index is 1080. The van der Waals surface area contributed by atoms with Crippen molar-refractivity contribution in [1.82, 2.24) is 14.9 Å². The first-order valence-corrected chi connectivity index (χ1v) is 12.6. The number of nitrogens with two attached hydrogens (primary N) is 2. The summed E-state index contributed by atoms with van der Waals surface area (Å²) in [5, 5.41) is 0. The van der Waals surface area contributed by atoms with Crippen molar-refractivity contribution in [2.45, 2.75) is 75.7 Å². The number of aromatic nitrogens is 2. The first-order valence-electron chi connectivity index (χ1n) is 12.6. The molecule has 1 aromatic heterocycles. The maximum atomic E-state index is 13.7. The van der Waals surface area contributed by atoms with Gasteiger partial charge in [-0.25, -0.2) is 9.98 Å². The Morgan fingerprint density at radius 1 is 0.972 bits per heavy atom. The minimum absolute atomic E-state index is 0.230. The molecule has 3 heterocycles. The number of hydrogen-bond donors (Lipinski definition) is 2. The monoisotopic (exact) mass is 509 g/mol. The summed E-state index contributed by atoms with van der Waals surface area (Å²) < 4.78 is 54.9. The molecule has 1 atom stereocenters. The second kappa shape index (κ2) is 9.19. The molecule has 2 aliphatic heterocycles. The molecule has 0 spiro atoms. The van der Waals surface area contributed by atoms with Gasteiger partial charge in [0.2, 0.25) is 11.9 Å². The van der Waals surface area contributed by atoms with Crippen LogP contribution in [-0.2, 0) is 17.6 Å². The number of aryl methyl sites for hydroxylation is 1. The van der Waals surface area contributed by atoms with Gasteiger partial charge < -0.3 is 21.3 Å². The van der Waals surface area contributed by atoms with Gasteiger partial charge in [-0.2, -0.15) is 22.5 Å². The average molecular weight is 510 g/mol. The Kier molecular flexibility index (Phi) is 6.32. The lowest BCUT2D eigenvalue weighted by Gasteiger charge is -2.28. The quantitative estimate of drug-likeness (QED) is 0.358. The molecular weight excluding hydrogens is 478 g/mol. The Balaban J connectivity index is 1.41. The third kappa shape index (κ3) is 4.50. The number of nitrogens with zero attached hydrogens (tertiary/aromatic N) is 5. The molecule has 2 saturated heterocycles. The lowest BCUT2D eigenvalue weighted by molar-refractivity contribution is -0.172. The van der Waals surface area contributed by atoms with E-state index in [1.165, 1.54) is 0 Å². The minimum Gasteiger partial charge on any atom is -0.402 e. The highest BCUT2D eigenvalue weighted by atomic mass is 19.3. The number of aliphatic imine (C=N–C) groups is 1. The van der Waals surface area contributed by atoms with Crippen molar-refractivity contribution < 1.29 is 22.4 Å². The number of amidine groups is 1. The fraction of sp³-hybridized carbons (Fsp3) is 0.667. The zero-order valence-corrected chi connectivity index (χ0v) is 20.0. The van der Waals surface area contributed by atoms with Crippen LogP contribution in [0, 0.1) is 5.92 Å². The van der Waals surface area contributed by atoms with E-state index in [2.05, 4.69) is 15.0 Å². The third-order valence-corrected chi connectivity index (χ3v) is 7.70. The second-order valence-electron chi connectivity index (χ2n) is 10.2. The molecule has 196 valence electrons. The molecule has 1 saturated carbocycles. The molecule has 0 bridgehead atoms. The van der Waals surface area contributed by atoms with E-state index in [-0.39, 0.29) is 11.8 Å². The molecule has 3 fully saturated rings. The van der Waals surface area contributed by atoms with Crippen LogP contribution < -0.4 is 16.4 Å². The highest BCUT2D eigenvalue weighted by Gasteiger charge is 2.64. The molecule has 1 unspecified atom stereocenters. The van der Waals surface area contributed by atoms with E-state index in [1.54, 1.807) is 11.0 Å². The molecule has 5 rings (SSSR count). The van der Waals surface area contributed by atoms with Crippen LogP contribution in [0.15, 0.2) is 16.8 Å². The van der Waals surface area contributed by atoms with Crippen LogP contribution in [0.2, 0.25) is 0 Å². The summed E-state index contributed by atoms with van der Waals surface area (Å²) in [6, 6.07) is -0.888. The van der Waals surface area contributed by atoms with Crippen molar-refractivity contribution in [2.24, 2.45) is 22.4 Å².